The minimum atomic E-state index is -0.304. The molecule has 0 atom stereocenters. The smallest absolute Gasteiger partial charge is 0.255 e. The van der Waals surface area contributed by atoms with Crippen LogP contribution in [0, 0.1) is 11.3 Å². The Hall–Kier alpha value is -3.91. The summed E-state index contributed by atoms with van der Waals surface area (Å²) in [6, 6.07) is 24.8. The first-order valence-electron chi connectivity index (χ1n) is 8.39. The van der Waals surface area contributed by atoms with Gasteiger partial charge in [0.1, 0.15) is 0 Å². The predicted molar refractivity (Wildman–Crippen MR) is 103 cm³/mol. The number of nitriles is 1. The van der Waals surface area contributed by atoms with E-state index in [1.807, 2.05) is 36.4 Å². The molecule has 3 rings (SSSR count). The monoisotopic (exact) mass is 355 g/mol. The van der Waals surface area contributed by atoms with Gasteiger partial charge in [-0.15, -0.1) is 0 Å². The van der Waals surface area contributed by atoms with E-state index in [0.717, 1.165) is 5.56 Å². The summed E-state index contributed by atoms with van der Waals surface area (Å²) in [6.07, 6.45) is 0. The molecular formula is C22H17N3O2. The van der Waals surface area contributed by atoms with E-state index in [1.165, 1.54) is 0 Å². The van der Waals surface area contributed by atoms with Gasteiger partial charge in [-0.25, -0.2) is 0 Å². The van der Waals surface area contributed by atoms with Gasteiger partial charge in [-0.3, -0.25) is 9.59 Å². The summed E-state index contributed by atoms with van der Waals surface area (Å²) in [4.78, 5) is 24.5. The van der Waals surface area contributed by atoms with Crippen LogP contribution in [0.15, 0.2) is 78.9 Å². The van der Waals surface area contributed by atoms with E-state index >= 15 is 0 Å². The van der Waals surface area contributed by atoms with Crippen LogP contribution in [0.25, 0.3) is 0 Å². The van der Waals surface area contributed by atoms with Crippen molar-refractivity contribution in [1.82, 2.24) is 5.32 Å². The Balaban J connectivity index is 1.61. The minimum Gasteiger partial charge on any atom is -0.348 e. The van der Waals surface area contributed by atoms with Crippen molar-refractivity contribution in [1.29, 1.82) is 5.26 Å². The van der Waals surface area contributed by atoms with Crippen LogP contribution in [-0.2, 0) is 6.54 Å². The molecule has 2 N–H and O–H groups in total. The first kappa shape index (κ1) is 17.9. The normalized spacial score (nSPS) is 9.89. The first-order valence-corrected chi connectivity index (χ1v) is 8.39. The Kier molecular flexibility index (Phi) is 5.60. The van der Waals surface area contributed by atoms with E-state index in [0.29, 0.717) is 28.9 Å². The first-order chi connectivity index (χ1) is 13.2. The van der Waals surface area contributed by atoms with Crippen molar-refractivity contribution in [2.75, 3.05) is 5.32 Å². The van der Waals surface area contributed by atoms with Gasteiger partial charge in [0.15, 0.2) is 0 Å². The Bertz CT molecular complexity index is 990. The largest absolute Gasteiger partial charge is 0.348 e. The molecule has 132 valence electrons. The Morgan fingerprint density at radius 3 is 2.15 bits per heavy atom. The van der Waals surface area contributed by atoms with Crippen molar-refractivity contribution in [3.8, 4) is 6.07 Å². The highest BCUT2D eigenvalue weighted by Crippen LogP contribution is 2.12. The molecule has 0 bridgehead atoms. The molecule has 27 heavy (non-hydrogen) atoms. The number of nitrogens with one attached hydrogen (secondary N) is 2. The Morgan fingerprint density at radius 1 is 0.815 bits per heavy atom. The van der Waals surface area contributed by atoms with Crippen LogP contribution in [0.1, 0.15) is 31.8 Å². The highest BCUT2D eigenvalue weighted by atomic mass is 16.2. The van der Waals surface area contributed by atoms with Gasteiger partial charge in [-0.2, -0.15) is 5.26 Å². The number of hydrogen-bond acceptors (Lipinski definition) is 3. The second-order valence-corrected chi connectivity index (χ2v) is 5.89. The highest BCUT2D eigenvalue weighted by Gasteiger charge is 2.09. The van der Waals surface area contributed by atoms with E-state index in [2.05, 4.69) is 10.6 Å². The topological polar surface area (TPSA) is 82.0 Å². The van der Waals surface area contributed by atoms with Crippen molar-refractivity contribution >= 4 is 17.5 Å². The van der Waals surface area contributed by atoms with Gasteiger partial charge < -0.3 is 10.6 Å². The lowest BCUT2D eigenvalue weighted by atomic mass is 10.1. The van der Waals surface area contributed by atoms with Gasteiger partial charge in [0.2, 0.25) is 0 Å². The fourth-order valence-electron chi connectivity index (χ4n) is 2.52. The van der Waals surface area contributed by atoms with Gasteiger partial charge in [-0.1, -0.05) is 36.4 Å². The third-order valence-corrected chi connectivity index (χ3v) is 3.95. The molecule has 0 spiro atoms. The maximum atomic E-state index is 12.3. The van der Waals surface area contributed by atoms with E-state index < -0.39 is 0 Å². The zero-order valence-electron chi connectivity index (χ0n) is 14.5. The molecule has 0 aliphatic heterocycles. The van der Waals surface area contributed by atoms with Crippen LogP contribution in [-0.4, -0.2) is 11.8 Å². The SMILES string of the molecule is N#Cc1cccc(NC(=O)c2ccc(C(=O)NCc3ccccc3)cc2)c1. The highest BCUT2D eigenvalue weighted by molar-refractivity contribution is 6.05. The summed E-state index contributed by atoms with van der Waals surface area (Å²) in [5.74, 6) is -0.506. The average Bonchev–Trinajstić information content (AvgIpc) is 2.73. The summed E-state index contributed by atoms with van der Waals surface area (Å²) >= 11 is 0. The zero-order valence-corrected chi connectivity index (χ0v) is 14.5. The number of amides is 2. The fraction of sp³-hybridized carbons (Fsp3) is 0.0455. The molecular weight excluding hydrogens is 338 g/mol. The van der Waals surface area contributed by atoms with Gasteiger partial charge in [0, 0.05) is 23.4 Å². The van der Waals surface area contributed by atoms with Gasteiger partial charge in [-0.05, 0) is 48.0 Å². The summed E-state index contributed by atoms with van der Waals surface area (Å²) in [7, 11) is 0. The summed E-state index contributed by atoms with van der Waals surface area (Å²) in [6.45, 7) is 0.442. The van der Waals surface area contributed by atoms with Crippen molar-refractivity contribution < 1.29 is 9.59 Å². The minimum absolute atomic E-state index is 0.201. The molecule has 0 heterocycles. The van der Waals surface area contributed by atoms with Crippen molar-refractivity contribution in [2.45, 2.75) is 6.54 Å². The molecule has 5 nitrogen and oxygen atoms in total. The van der Waals surface area contributed by atoms with Crippen molar-refractivity contribution in [3.05, 3.63) is 101 Å². The molecule has 0 saturated carbocycles. The number of nitrogens with zero attached hydrogens (tertiary/aromatic N) is 1. The molecule has 3 aromatic rings. The third-order valence-electron chi connectivity index (χ3n) is 3.95. The van der Waals surface area contributed by atoms with Crippen LogP contribution in [0.3, 0.4) is 0 Å². The number of hydrogen-bond donors (Lipinski definition) is 2. The predicted octanol–water partition coefficient (Wildman–Crippen LogP) is 3.74. The summed E-state index contributed by atoms with van der Waals surface area (Å²) < 4.78 is 0. The molecule has 5 heteroatoms. The number of rotatable bonds is 5. The summed E-state index contributed by atoms with van der Waals surface area (Å²) in [5.41, 5.74) is 2.94. The summed E-state index contributed by atoms with van der Waals surface area (Å²) in [5, 5.41) is 14.5. The fourth-order valence-corrected chi connectivity index (χ4v) is 2.52. The third kappa shape index (κ3) is 4.80. The van der Waals surface area contributed by atoms with Crippen LogP contribution in [0.5, 0.6) is 0 Å². The molecule has 0 unspecified atom stereocenters. The van der Waals surface area contributed by atoms with Gasteiger partial charge >= 0.3 is 0 Å². The number of anilines is 1. The van der Waals surface area contributed by atoms with E-state index in [-0.39, 0.29) is 11.8 Å². The van der Waals surface area contributed by atoms with Crippen LogP contribution in [0.4, 0.5) is 5.69 Å². The standard InChI is InChI=1S/C22H17N3O2/c23-14-17-7-4-8-20(13-17)25-22(27)19-11-9-18(10-12-19)21(26)24-15-16-5-2-1-3-6-16/h1-13H,15H2,(H,24,26)(H,25,27). The maximum absolute atomic E-state index is 12.3. The maximum Gasteiger partial charge on any atom is 0.255 e. The van der Waals surface area contributed by atoms with E-state index in [9.17, 15) is 9.59 Å². The Morgan fingerprint density at radius 2 is 1.48 bits per heavy atom. The molecule has 0 aliphatic rings. The second-order valence-electron chi connectivity index (χ2n) is 5.89. The number of benzene rings is 3. The molecule has 0 aromatic heterocycles. The van der Waals surface area contributed by atoms with Gasteiger partial charge in [0.25, 0.3) is 11.8 Å². The number of carbonyl (C=O) groups is 2. The van der Waals surface area contributed by atoms with Crippen LogP contribution >= 0.6 is 0 Å². The average molecular weight is 355 g/mol. The van der Waals surface area contributed by atoms with Crippen LogP contribution < -0.4 is 10.6 Å². The van der Waals surface area contributed by atoms with E-state index in [1.54, 1.807) is 48.5 Å². The number of carbonyl (C=O) groups excluding carboxylic acids is 2. The lowest BCUT2D eigenvalue weighted by Gasteiger charge is -2.08. The van der Waals surface area contributed by atoms with E-state index in [4.69, 9.17) is 5.26 Å². The van der Waals surface area contributed by atoms with Gasteiger partial charge in [0.05, 0.1) is 11.6 Å². The molecule has 3 aromatic carbocycles. The van der Waals surface area contributed by atoms with Crippen LogP contribution in [0.2, 0.25) is 0 Å². The van der Waals surface area contributed by atoms with Crippen molar-refractivity contribution in [3.63, 3.8) is 0 Å². The second kappa shape index (κ2) is 8.45. The quantitative estimate of drug-likeness (QED) is 0.731. The molecule has 0 aliphatic carbocycles. The molecule has 2 amide bonds. The van der Waals surface area contributed by atoms with Crippen molar-refractivity contribution in [2.24, 2.45) is 0 Å². The molecule has 0 saturated heterocycles. The molecule has 0 fully saturated rings. The zero-order chi connectivity index (χ0) is 19.1. The lowest BCUT2D eigenvalue weighted by Crippen LogP contribution is -2.22. The molecule has 0 radical (unpaired) electrons. The Labute approximate surface area is 157 Å². The lowest BCUT2D eigenvalue weighted by molar-refractivity contribution is 0.0949.